The van der Waals surface area contributed by atoms with Crippen molar-refractivity contribution in [2.75, 3.05) is 23.0 Å². The van der Waals surface area contributed by atoms with Gasteiger partial charge in [0.1, 0.15) is 0 Å². The fraction of sp³-hybridized carbons (Fsp3) is 0.400. The van der Waals surface area contributed by atoms with Gasteiger partial charge in [-0.2, -0.15) is 0 Å². The number of hydrogen-bond acceptors (Lipinski definition) is 24. The molecule has 0 unspecified atom stereocenters. The fourth-order valence-corrected chi connectivity index (χ4v) is 10.7. The summed E-state index contributed by atoms with van der Waals surface area (Å²) in [5, 5.41) is 137. The molecule has 12 N–H and O–H groups in total. The molecule has 0 saturated carbocycles. The zero-order valence-corrected chi connectivity index (χ0v) is 50.3. The summed E-state index contributed by atoms with van der Waals surface area (Å²) in [7, 11) is -20.1. The summed E-state index contributed by atoms with van der Waals surface area (Å²) in [4.78, 5) is 0. The third kappa shape index (κ3) is 16.1. The molecule has 0 aromatic heterocycles. The molecule has 8 bridgehead atoms. The minimum absolute atomic E-state index is 0. The molecule has 72 heavy (non-hydrogen) atoms. The van der Waals surface area contributed by atoms with E-state index in [0.717, 1.165) is 24.3 Å². The standard InChI is InChI=1S/C40H48O24S4.4Na/c41-29-21-13-23(31(43)37(29)49)18(6-2-10-66(56,57)58)25-15-27(35(47)39(51)33(25)45)20(8-4-12-68(62,63)64)28-16-26(34(46)40(52)36(28)48)19(7-3-11-67(59,60)61)24-14-22(30(42)38(50)32(24)44)17(21)5-1-9-65(53,54)55;;;;/h13-20,41-52H,1-12H2,(H,53,54,55)(H,56,57,58)(H,59,60,61)(H,62,63,64);;;;/q;4*+1/p-4. The second kappa shape index (κ2) is 26.4. The molecule has 32 heteroatoms. The predicted octanol–water partition coefficient (Wildman–Crippen LogP) is -9.69. The third-order valence-electron chi connectivity index (χ3n) is 11.8. The summed E-state index contributed by atoms with van der Waals surface area (Å²) >= 11 is 0. The van der Waals surface area contributed by atoms with Gasteiger partial charge in [0.25, 0.3) is 0 Å². The van der Waals surface area contributed by atoms with Crippen molar-refractivity contribution in [2.24, 2.45) is 0 Å². The van der Waals surface area contributed by atoms with Gasteiger partial charge >= 0.3 is 118 Å². The molecule has 24 nitrogen and oxygen atoms in total. The van der Waals surface area contributed by atoms with Gasteiger partial charge in [0.15, 0.2) is 46.0 Å². The number of hydrogen-bond donors (Lipinski definition) is 12. The first-order chi connectivity index (χ1) is 31.2. The molecule has 0 heterocycles. The molecule has 0 spiro atoms. The van der Waals surface area contributed by atoms with Crippen LogP contribution in [0, 0.1) is 0 Å². The Morgan fingerprint density at radius 3 is 0.514 bits per heavy atom. The van der Waals surface area contributed by atoms with Gasteiger partial charge in [0, 0.05) is 91.2 Å². The molecular weight excluding hydrogens is 1080 g/mol. The first kappa shape index (κ1) is 68.1. The van der Waals surface area contributed by atoms with E-state index in [2.05, 4.69) is 0 Å². The first-order valence-corrected chi connectivity index (χ1v) is 26.4. The van der Waals surface area contributed by atoms with Gasteiger partial charge in [-0.05, 0) is 75.6 Å². The van der Waals surface area contributed by atoms with Crippen molar-refractivity contribution in [1.82, 2.24) is 0 Å². The molecular formula is C40H44Na4O24S4. The van der Waals surface area contributed by atoms with Crippen molar-refractivity contribution < 1.29 is 231 Å². The Hall–Kier alpha value is -1.88. The largest absolute Gasteiger partial charge is 1.00 e. The summed E-state index contributed by atoms with van der Waals surface area (Å²) < 4.78 is 141. The number of phenolic OH excluding ortho intramolecular Hbond substituents is 12. The van der Waals surface area contributed by atoms with Gasteiger partial charge < -0.3 is 79.5 Å². The van der Waals surface area contributed by atoms with E-state index in [1.807, 2.05) is 0 Å². The average Bonchev–Trinajstić information content (AvgIpc) is 3.21. The monoisotopic (exact) mass is 1130 g/mol. The quantitative estimate of drug-likeness (QED) is 0.0282. The molecule has 1 aliphatic carbocycles. The van der Waals surface area contributed by atoms with Crippen LogP contribution < -0.4 is 118 Å². The summed E-state index contributed by atoms with van der Waals surface area (Å²) in [6.07, 6.45) is -5.28. The Balaban J connectivity index is 0.00000648. The Labute approximate surface area is 501 Å². The van der Waals surface area contributed by atoms with E-state index in [1.54, 1.807) is 0 Å². The third-order valence-corrected chi connectivity index (χ3v) is 14.9. The number of rotatable bonds is 16. The Morgan fingerprint density at radius 2 is 0.403 bits per heavy atom. The molecule has 0 radical (unpaired) electrons. The summed E-state index contributed by atoms with van der Waals surface area (Å²) in [6.45, 7) is 0. The Bertz CT molecular complexity index is 2570. The maximum absolute atomic E-state index is 11.8. The molecule has 1 aliphatic rings. The predicted molar refractivity (Wildman–Crippen MR) is 228 cm³/mol. The van der Waals surface area contributed by atoms with Gasteiger partial charge in [-0.25, -0.2) is 33.7 Å². The van der Waals surface area contributed by atoms with Crippen molar-refractivity contribution in [3.05, 3.63) is 68.8 Å². The number of phenols is 12. The maximum Gasteiger partial charge on any atom is 1.00 e. The van der Waals surface area contributed by atoms with Crippen LogP contribution in [-0.2, 0) is 40.5 Å². The minimum Gasteiger partial charge on any atom is -0.748 e. The van der Waals surface area contributed by atoms with E-state index < -0.39 is 252 Å². The number of benzene rings is 4. The molecule has 0 aliphatic heterocycles. The van der Waals surface area contributed by atoms with Crippen molar-refractivity contribution in [2.45, 2.75) is 75.0 Å². The van der Waals surface area contributed by atoms with Gasteiger partial charge in [-0.15, -0.1) is 0 Å². The van der Waals surface area contributed by atoms with Crippen LogP contribution in [0.4, 0.5) is 0 Å². The van der Waals surface area contributed by atoms with Crippen LogP contribution in [0.15, 0.2) is 24.3 Å². The molecule has 0 atom stereocenters. The Kier molecular flexibility index (Phi) is 25.0. The molecule has 0 fully saturated rings. The van der Waals surface area contributed by atoms with Crippen molar-refractivity contribution >= 4 is 40.5 Å². The zero-order chi connectivity index (χ0) is 51.2. The van der Waals surface area contributed by atoms with Crippen LogP contribution >= 0.6 is 0 Å². The van der Waals surface area contributed by atoms with Crippen LogP contribution in [0.3, 0.4) is 0 Å². The number of aromatic hydroxyl groups is 12. The van der Waals surface area contributed by atoms with Crippen LogP contribution in [0.1, 0.15) is 120 Å². The van der Waals surface area contributed by atoms with E-state index >= 15 is 0 Å². The topological polar surface area (TPSA) is 472 Å². The van der Waals surface area contributed by atoms with E-state index in [4.69, 9.17) is 0 Å². The average molecular weight is 1130 g/mol. The molecule has 376 valence electrons. The van der Waals surface area contributed by atoms with Crippen molar-refractivity contribution in [3.8, 4) is 69.0 Å². The molecule has 4 aromatic rings. The van der Waals surface area contributed by atoms with E-state index in [-0.39, 0.29) is 118 Å². The second-order valence-electron chi connectivity index (χ2n) is 16.2. The summed E-state index contributed by atoms with van der Waals surface area (Å²) in [6, 6.07) is 3.39. The van der Waals surface area contributed by atoms with Gasteiger partial charge in [0.05, 0.1) is 40.5 Å². The van der Waals surface area contributed by atoms with E-state index in [9.17, 15) is 113 Å². The normalized spacial score (nSPS) is 16.8. The summed E-state index contributed by atoms with van der Waals surface area (Å²) in [5.41, 5.74) is -5.01. The fourth-order valence-electron chi connectivity index (χ4n) is 8.66. The molecule has 5 rings (SSSR count). The second-order valence-corrected chi connectivity index (χ2v) is 22.3. The van der Waals surface area contributed by atoms with Crippen LogP contribution in [0.5, 0.6) is 69.0 Å². The van der Waals surface area contributed by atoms with Gasteiger partial charge in [-0.1, -0.05) is 0 Å². The van der Waals surface area contributed by atoms with Crippen molar-refractivity contribution in [1.29, 1.82) is 0 Å². The minimum atomic E-state index is -5.03. The zero-order valence-electron chi connectivity index (χ0n) is 39.0. The van der Waals surface area contributed by atoms with Gasteiger partial charge in [-0.3, -0.25) is 0 Å². The van der Waals surface area contributed by atoms with Gasteiger partial charge in [0.2, 0.25) is 23.0 Å². The van der Waals surface area contributed by atoms with E-state index in [1.165, 1.54) is 0 Å². The SMILES string of the molecule is O=S(=O)([O-])CCCC1c2cc(c(O)c(O)c2O)C(CCCS(=O)(=O)[O-])c2cc(c(O)c(O)c2O)C(CCCS(=O)(=O)[O-])c2cc(c(O)c(O)c2O)C(CCCS(=O)(=O)[O-])c2cc1c(O)c(O)c2O.[Na+].[Na+].[Na+].[Na+]. The smallest absolute Gasteiger partial charge is 0.748 e. The van der Waals surface area contributed by atoms with Crippen molar-refractivity contribution in [3.63, 3.8) is 0 Å². The van der Waals surface area contributed by atoms with Crippen LogP contribution in [0.25, 0.3) is 0 Å². The van der Waals surface area contributed by atoms with Crippen LogP contribution in [-0.4, -0.2) is 136 Å². The maximum atomic E-state index is 11.8. The molecule has 0 saturated heterocycles. The van der Waals surface area contributed by atoms with E-state index in [0.29, 0.717) is 0 Å². The van der Waals surface area contributed by atoms with Crippen LogP contribution in [0.2, 0.25) is 0 Å². The molecule has 0 amide bonds. The molecule has 4 aromatic carbocycles. The summed E-state index contributed by atoms with van der Waals surface area (Å²) in [5.74, 6) is -27.3. The number of fused-ring (bicyclic) bond motifs is 8. The Morgan fingerprint density at radius 1 is 0.278 bits per heavy atom. The first-order valence-electron chi connectivity index (χ1n) is 20.1.